The summed E-state index contributed by atoms with van der Waals surface area (Å²) >= 11 is 1.47. The molecular formula is C22H22N2O3S. The first-order chi connectivity index (χ1) is 13.5. The summed E-state index contributed by atoms with van der Waals surface area (Å²) in [5.41, 5.74) is 2.70. The van der Waals surface area contributed by atoms with Crippen LogP contribution in [-0.4, -0.2) is 23.3 Å². The Bertz CT molecular complexity index is 1000. The first-order valence-corrected chi connectivity index (χ1v) is 10.2. The molecule has 6 heteroatoms. The molecule has 2 amide bonds. The van der Waals surface area contributed by atoms with E-state index in [1.54, 1.807) is 0 Å². The number of rotatable bonds is 4. The van der Waals surface area contributed by atoms with Gasteiger partial charge in [-0.25, -0.2) is 0 Å². The molecule has 1 aliphatic heterocycles. The first kappa shape index (κ1) is 18.5. The number of amides is 2. The van der Waals surface area contributed by atoms with E-state index in [9.17, 15) is 9.59 Å². The number of carbonyl (C=O) groups is 2. The van der Waals surface area contributed by atoms with Crippen molar-refractivity contribution in [1.82, 2.24) is 4.90 Å². The average molecular weight is 394 g/mol. The normalized spacial score (nSPS) is 13.5. The van der Waals surface area contributed by atoms with Crippen LogP contribution in [-0.2, 0) is 17.8 Å². The van der Waals surface area contributed by atoms with Crippen LogP contribution in [0.15, 0.2) is 52.3 Å². The van der Waals surface area contributed by atoms with Crippen molar-refractivity contribution in [2.75, 3.05) is 11.9 Å². The number of benzene rings is 1. The molecule has 0 spiro atoms. The van der Waals surface area contributed by atoms with Gasteiger partial charge in [0.2, 0.25) is 5.91 Å². The van der Waals surface area contributed by atoms with Crippen molar-refractivity contribution < 1.29 is 14.0 Å². The number of thiophene rings is 1. The maximum absolute atomic E-state index is 12.6. The Kier molecular flexibility index (Phi) is 5.05. The number of fused-ring (bicyclic) bond motifs is 1. The highest BCUT2D eigenvalue weighted by molar-refractivity contribution is 7.12. The zero-order valence-electron chi connectivity index (χ0n) is 15.9. The van der Waals surface area contributed by atoms with Crippen molar-refractivity contribution in [2.45, 2.75) is 26.8 Å². The summed E-state index contributed by atoms with van der Waals surface area (Å²) in [6.07, 6.45) is 0.705. The van der Waals surface area contributed by atoms with E-state index >= 15 is 0 Å². The van der Waals surface area contributed by atoms with Crippen LogP contribution >= 0.6 is 11.3 Å². The Balaban J connectivity index is 1.53. The Morgan fingerprint density at radius 1 is 1.18 bits per heavy atom. The zero-order chi connectivity index (χ0) is 19.7. The van der Waals surface area contributed by atoms with Crippen molar-refractivity contribution in [3.8, 4) is 11.3 Å². The molecule has 4 rings (SSSR count). The predicted octanol–water partition coefficient (Wildman–Crippen LogP) is 4.80. The number of hydrogen-bond donors (Lipinski definition) is 1. The van der Waals surface area contributed by atoms with Crippen LogP contribution in [0, 0.1) is 5.92 Å². The van der Waals surface area contributed by atoms with Crippen molar-refractivity contribution in [3.05, 3.63) is 64.0 Å². The number of furan rings is 1. The van der Waals surface area contributed by atoms with E-state index in [-0.39, 0.29) is 17.7 Å². The SMILES string of the molecule is CC(C)C(=O)Nc1cccc(-c2cc3c(o2)CCN(C(=O)c2cccs2)C3)c1. The van der Waals surface area contributed by atoms with Gasteiger partial charge in [0.05, 0.1) is 4.88 Å². The van der Waals surface area contributed by atoms with Gasteiger partial charge in [-0.3, -0.25) is 9.59 Å². The lowest BCUT2D eigenvalue weighted by atomic mass is 10.1. The predicted molar refractivity (Wildman–Crippen MR) is 110 cm³/mol. The molecule has 1 aliphatic rings. The monoisotopic (exact) mass is 394 g/mol. The molecule has 28 heavy (non-hydrogen) atoms. The van der Waals surface area contributed by atoms with E-state index in [1.807, 2.05) is 66.6 Å². The van der Waals surface area contributed by atoms with Crippen LogP contribution in [0.2, 0.25) is 0 Å². The van der Waals surface area contributed by atoms with E-state index in [1.165, 1.54) is 11.3 Å². The summed E-state index contributed by atoms with van der Waals surface area (Å²) in [6, 6.07) is 13.4. The fraction of sp³-hybridized carbons (Fsp3) is 0.273. The van der Waals surface area contributed by atoms with Gasteiger partial charge >= 0.3 is 0 Å². The highest BCUT2D eigenvalue weighted by Crippen LogP contribution is 2.31. The molecule has 2 aromatic heterocycles. The van der Waals surface area contributed by atoms with E-state index in [4.69, 9.17) is 4.42 Å². The van der Waals surface area contributed by atoms with Crippen LogP contribution in [0.4, 0.5) is 5.69 Å². The van der Waals surface area contributed by atoms with Gasteiger partial charge < -0.3 is 14.6 Å². The molecule has 0 bridgehead atoms. The van der Waals surface area contributed by atoms with E-state index < -0.39 is 0 Å². The Morgan fingerprint density at radius 3 is 2.79 bits per heavy atom. The lowest BCUT2D eigenvalue weighted by molar-refractivity contribution is -0.118. The minimum Gasteiger partial charge on any atom is -0.461 e. The standard InChI is InChI=1S/C22H22N2O3S/c1-14(2)21(25)23-17-6-3-5-15(11-17)19-12-16-13-24(9-8-18(16)27-19)22(26)20-7-4-10-28-20/h3-7,10-12,14H,8-9,13H2,1-2H3,(H,23,25). The number of carbonyl (C=O) groups excluding carboxylic acids is 2. The van der Waals surface area contributed by atoms with E-state index in [0.717, 1.165) is 33.2 Å². The maximum atomic E-state index is 12.6. The van der Waals surface area contributed by atoms with Gasteiger partial charge in [-0.05, 0) is 29.6 Å². The summed E-state index contributed by atoms with van der Waals surface area (Å²) in [7, 11) is 0. The third-order valence-corrected chi connectivity index (χ3v) is 5.68. The summed E-state index contributed by atoms with van der Waals surface area (Å²) < 4.78 is 6.07. The summed E-state index contributed by atoms with van der Waals surface area (Å²) in [6.45, 7) is 4.94. The highest BCUT2D eigenvalue weighted by atomic mass is 32.1. The summed E-state index contributed by atoms with van der Waals surface area (Å²) in [5.74, 6) is 1.67. The van der Waals surface area contributed by atoms with Gasteiger partial charge in [-0.2, -0.15) is 0 Å². The van der Waals surface area contributed by atoms with Crippen molar-refractivity contribution in [2.24, 2.45) is 5.92 Å². The lowest BCUT2D eigenvalue weighted by Gasteiger charge is -2.25. The zero-order valence-corrected chi connectivity index (χ0v) is 16.7. The minimum atomic E-state index is -0.0774. The summed E-state index contributed by atoms with van der Waals surface area (Å²) in [4.78, 5) is 27.2. The molecule has 144 valence electrons. The molecule has 3 heterocycles. The molecule has 3 aromatic rings. The van der Waals surface area contributed by atoms with Gasteiger partial charge in [-0.1, -0.05) is 32.0 Å². The fourth-order valence-electron chi connectivity index (χ4n) is 3.24. The average Bonchev–Trinajstić information content (AvgIpc) is 3.36. The second kappa shape index (κ2) is 7.64. The van der Waals surface area contributed by atoms with Crippen LogP contribution in [0.25, 0.3) is 11.3 Å². The van der Waals surface area contributed by atoms with Gasteiger partial charge in [-0.15, -0.1) is 11.3 Å². The molecule has 0 unspecified atom stereocenters. The molecule has 0 atom stereocenters. The third-order valence-electron chi connectivity index (χ3n) is 4.82. The van der Waals surface area contributed by atoms with Crippen molar-refractivity contribution in [1.29, 1.82) is 0 Å². The number of hydrogen-bond acceptors (Lipinski definition) is 4. The van der Waals surface area contributed by atoms with Crippen LogP contribution < -0.4 is 5.32 Å². The Labute approximate surface area is 168 Å². The number of nitrogens with zero attached hydrogens (tertiary/aromatic N) is 1. The quantitative estimate of drug-likeness (QED) is 0.691. The highest BCUT2D eigenvalue weighted by Gasteiger charge is 2.25. The van der Waals surface area contributed by atoms with Crippen LogP contribution in [0.5, 0.6) is 0 Å². The van der Waals surface area contributed by atoms with Crippen LogP contribution in [0.1, 0.15) is 34.8 Å². The minimum absolute atomic E-state index is 0.0152. The van der Waals surface area contributed by atoms with Gasteiger partial charge in [0.25, 0.3) is 5.91 Å². The lowest BCUT2D eigenvalue weighted by Crippen LogP contribution is -2.35. The molecule has 0 radical (unpaired) electrons. The molecule has 0 fully saturated rings. The van der Waals surface area contributed by atoms with Crippen molar-refractivity contribution in [3.63, 3.8) is 0 Å². The molecule has 1 N–H and O–H groups in total. The van der Waals surface area contributed by atoms with E-state index in [2.05, 4.69) is 5.32 Å². The van der Waals surface area contributed by atoms with Crippen LogP contribution in [0.3, 0.4) is 0 Å². The smallest absolute Gasteiger partial charge is 0.264 e. The molecule has 0 saturated carbocycles. The molecule has 0 aliphatic carbocycles. The Morgan fingerprint density at radius 2 is 2.04 bits per heavy atom. The fourth-order valence-corrected chi connectivity index (χ4v) is 3.93. The summed E-state index contributed by atoms with van der Waals surface area (Å²) in [5, 5.41) is 4.84. The topological polar surface area (TPSA) is 62.6 Å². The second-order valence-corrected chi connectivity index (χ2v) is 8.19. The number of anilines is 1. The molecule has 0 saturated heterocycles. The largest absolute Gasteiger partial charge is 0.461 e. The molecular weight excluding hydrogens is 372 g/mol. The van der Waals surface area contributed by atoms with Crippen molar-refractivity contribution >= 4 is 28.8 Å². The Hall–Kier alpha value is -2.86. The van der Waals surface area contributed by atoms with E-state index in [0.29, 0.717) is 19.5 Å². The van der Waals surface area contributed by atoms with Gasteiger partial charge in [0.1, 0.15) is 11.5 Å². The first-order valence-electron chi connectivity index (χ1n) is 9.37. The number of nitrogens with one attached hydrogen (secondary N) is 1. The molecule has 5 nitrogen and oxygen atoms in total. The maximum Gasteiger partial charge on any atom is 0.264 e. The van der Waals surface area contributed by atoms with Gasteiger partial charge in [0.15, 0.2) is 0 Å². The third kappa shape index (κ3) is 3.73. The van der Waals surface area contributed by atoms with Gasteiger partial charge in [0, 0.05) is 42.2 Å². The molecule has 1 aromatic carbocycles. The second-order valence-electron chi connectivity index (χ2n) is 7.24.